The van der Waals surface area contributed by atoms with Crippen LogP contribution in [-0.2, 0) is 6.54 Å². The number of hydrazine groups is 1. The fraction of sp³-hybridized carbons (Fsp3) is 0.357. The molecule has 1 aromatic carbocycles. The van der Waals surface area contributed by atoms with Crippen LogP contribution < -0.4 is 11.3 Å². The maximum absolute atomic E-state index is 6.38. The van der Waals surface area contributed by atoms with Gasteiger partial charge in [-0.05, 0) is 24.5 Å². The van der Waals surface area contributed by atoms with E-state index in [1.165, 1.54) is 0 Å². The highest BCUT2D eigenvalue weighted by Gasteiger charge is 2.20. The maximum Gasteiger partial charge on any atom is 0.131 e. The van der Waals surface area contributed by atoms with Gasteiger partial charge in [0.15, 0.2) is 0 Å². The highest BCUT2D eigenvalue weighted by atomic mass is 35.5. The number of nitrogens with zero attached hydrogens (tertiary/aromatic N) is 2. The molecule has 5 heteroatoms. The number of hydrogen-bond donors (Lipinski definition) is 2. The minimum atomic E-state index is -0.200. The third-order valence-electron chi connectivity index (χ3n) is 3.17. The molecule has 1 atom stereocenters. The molecule has 0 radical (unpaired) electrons. The van der Waals surface area contributed by atoms with Crippen LogP contribution in [0.25, 0.3) is 0 Å². The Balaban J connectivity index is 2.44. The lowest BCUT2D eigenvalue weighted by Gasteiger charge is -2.19. The average molecular weight is 279 g/mol. The summed E-state index contributed by atoms with van der Waals surface area (Å²) in [6, 6.07) is 5.74. The molecule has 0 saturated carbocycles. The molecule has 19 heavy (non-hydrogen) atoms. The lowest BCUT2D eigenvalue weighted by Crippen LogP contribution is -2.31. The number of nitrogens with one attached hydrogen (secondary N) is 1. The minimum absolute atomic E-state index is 0.200. The van der Waals surface area contributed by atoms with Crippen molar-refractivity contribution in [2.75, 3.05) is 0 Å². The summed E-state index contributed by atoms with van der Waals surface area (Å²) in [5.41, 5.74) is 4.81. The SMILES string of the molecule is CCCn1ccnc1C(NN)c1cccc(C)c1Cl. The van der Waals surface area contributed by atoms with Gasteiger partial charge >= 0.3 is 0 Å². The van der Waals surface area contributed by atoms with E-state index in [4.69, 9.17) is 17.4 Å². The fourth-order valence-electron chi connectivity index (χ4n) is 2.21. The van der Waals surface area contributed by atoms with Crippen molar-refractivity contribution in [1.29, 1.82) is 0 Å². The van der Waals surface area contributed by atoms with Crippen LogP contribution in [0.15, 0.2) is 30.6 Å². The van der Waals surface area contributed by atoms with Gasteiger partial charge < -0.3 is 4.57 Å². The Labute approximate surface area is 118 Å². The number of hydrogen-bond acceptors (Lipinski definition) is 3. The second-order valence-electron chi connectivity index (χ2n) is 4.56. The molecule has 2 rings (SSSR count). The van der Waals surface area contributed by atoms with Crippen LogP contribution in [0.2, 0.25) is 5.02 Å². The quantitative estimate of drug-likeness (QED) is 0.653. The number of rotatable bonds is 5. The Morgan fingerprint density at radius 2 is 2.26 bits per heavy atom. The van der Waals surface area contributed by atoms with Crippen LogP contribution >= 0.6 is 11.6 Å². The first kappa shape index (κ1) is 14.1. The summed E-state index contributed by atoms with van der Waals surface area (Å²) in [6.07, 6.45) is 4.80. The number of aromatic nitrogens is 2. The number of nitrogens with two attached hydrogens (primary N) is 1. The van der Waals surface area contributed by atoms with Crippen molar-refractivity contribution < 1.29 is 0 Å². The zero-order valence-corrected chi connectivity index (χ0v) is 12.0. The van der Waals surface area contributed by atoms with E-state index in [0.29, 0.717) is 0 Å². The zero-order chi connectivity index (χ0) is 13.8. The average Bonchev–Trinajstić information content (AvgIpc) is 2.84. The van der Waals surface area contributed by atoms with Gasteiger partial charge in [0.05, 0.1) is 0 Å². The monoisotopic (exact) mass is 278 g/mol. The molecule has 0 spiro atoms. The molecule has 0 aliphatic heterocycles. The lowest BCUT2D eigenvalue weighted by atomic mass is 10.0. The number of halogens is 1. The first-order chi connectivity index (χ1) is 9.19. The van der Waals surface area contributed by atoms with Crippen LogP contribution in [-0.4, -0.2) is 9.55 Å². The zero-order valence-electron chi connectivity index (χ0n) is 11.2. The van der Waals surface area contributed by atoms with Gasteiger partial charge in [-0.2, -0.15) is 0 Å². The molecule has 0 saturated heterocycles. The van der Waals surface area contributed by atoms with Crippen molar-refractivity contribution >= 4 is 11.6 Å². The molecule has 0 aliphatic carbocycles. The van der Waals surface area contributed by atoms with E-state index in [9.17, 15) is 0 Å². The van der Waals surface area contributed by atoms with E-state index in [2.05, 4.69) is 21.9 Å². The first-order valence-corrected chi connectivity index (χ1v) is 6.79. The molecule has 1 heterocycles. The smallest absolute Gasteiger partial charge is 0.131 e. The van der Waals surface area contributed by atoms with E-state index >= 15 is 0 Å². The number of imidazole rings is 1. The Kier molecular flexibility index (Phi) is 4.58. The molecule has 1 aromatic heterocycles. The molecule has 0 amide bonds. The molecular formula is C14H19ClN4. The normalized spacial score (nSPS) is 12.6. The standard InChI is InChI=1S/C14H19ClN4/c1-3-8-19-9-7-17-14(19)13(18-16)11-6-4-5-10(2)12(11)15/h4-7,9,13,18H,3,8,16H2,1-2H3. The second kappa shape index (κ2) is 6.19. The Hall–Kier alpha value is -1.36. The van der Waals surface area contributed by atoms with Crippen molar-refractivity contribution in [1.82, 2.24) is 15.0 Å². The van der Waals surface area contributed by atoms with E-state index < -0.39 is 0 Å². The van der Waals surface area contributed by atoms with Crippen molar-refractivity contribution in [3.63, 3.8) is 0 Å². The largest absolute Gasteiger partial charge is 0.333 e. The van der Waals surface area contributed by atoms with E-state index in [0.717, 1.165) is 34.9 Å². The molecule has 0 aliphatic rings. The summed E-state index contributed by atoms with van der Waals surface area (Å²) in [4.78, 5) is 4.41. The molecular weight excluding hydrogens is 260 g/mol. The van der Waals surface area contributed by atoms with Crippen molar-refractivity contribution in [2.24, 2.45) is 5.84 Å². The van der Waals surface area contributed by atoms with Gasteiger partial charge in [0.1, 0.15) is 11.9 Å². The third kappa shape index (κ3) is 2.81. The van der Waals surface area contributed by atoms with E-state index in [1.807, 2.05) is 31.3 Å². The van der Waals surface area contributed by atoms with Crippen LogP contribution in [0.4, 0.5) is 0 Å². The predicted octanol–water partition coefficient (Wildman–Crippen LogP) is 2.81. The van der Waals surface area contributed by atoms with Gasteiger partial charge in [0.2, 0.25) is 0 Å². The summed E-state index contributed by atoms with van der Waals surface area (Å²) >= 11 is 6.38. The van der Waals surface area contributed by atoms with Crippen LogP contribution in [0.3, 0.4) is 0 Å². The molecule has 0 bridgehead atoms. The van der Waals surface area contributed by atoms with Crippen molar-refractivity contribution in [3.8, 4) is 0 Å². The first-order valence-electron chi connectivity index (χ1n) is 6.41. The van der Waals surface area contributed by atoms with Crippen molar-refractivity contribution in [3.05, 3.63) is 52.6 Å². The minimum Gasteiger partial charge on any atom is -0.333 e. The van der Waals surface area contributed by atoms with Crippen molar-refractivity contribution in [2.45, 2.75) is 32.9 Å². The molecule has 2 aromatic rings. The second-order valence-corrected chi connectivity index (χ2v) is 4.93. The summed E-state index contributed by atoms with van der Waals surface area (Å²) in [5.74, 6) is 6.60. The molecule has 0 fully saturated rings. The van der Waals surface area contributed by atoms with Gasteiger partial charge in [-0.3, -0.25) is 5.84 Å². The van der Waals surface area contributed by atoms with Gasteiger partial charge in [-0.25, -0.2) is 10.4 Å². The molecule has 102 valence electrons. The lowest BCUT2D eigenvalue weighted by molar-refractivity contribution is 0.545. The summed E-state index contributed by atoms with van der Waals surface area (Å²) < 4.78 is 2.10. The maximum atomic E-state index is 6.38. The van der Waals surface area contributed by atoms with Crippen LogP contribution in [0.1, 0.15) is 36.3 Å². The van der Waals surface area contributed by atoms with Crippen LogP contribution in [0.5, 0.6) is 0 Å². The Morgan fingerprint density at radius 3 is 2.95 bits per heavy atom. The molecule has 4 nitrogen and oxygen atoms in total. The Bertz CT molecular complexity index is 550. The summed E-state index contributed by atoms with van der Waals surface area (Å²) in [5, 5.41) is 0.733. The van der Waals surface area contributed by atoms with Gasteiger partial charge in [-0.15, -0.1) is 0 Å². The van der Waals surface area contributed by atoms with E-state index in [-0.39, 0.29) is 6.04 Å². The number of aryl methyl sites for hydroxylation is 2. The van der Waals surface area contributed by atoms with Gasteiger partial charge in [0.25, 0.3) is 0 Å². The number of benzene rings is 1. The van der Waals surface area contributed by atoms with Gasteiger partial charge in [-0.1, -0.05) is 36.7 Å². The summed E-state index contributed by atoms with van der Waals surface area (Å²) in [6.45, 7) is 5.03. The van der Waals surface area contributed by atoms with Gasteiger partial charge in [0, 0.05) is 24.0 Å². The topological polar surface area (TPSA) is 55.9 Å². The predicted molar refractivity (Wildman–Crippen MR) is 77.9 cm³/mol. The highest BCUT2D eigenvalue weighted by molar-refractivity contribution is 6.32. The fourth-order valence-corrected chi connectivity index (χ4v) is 2.44. The third-order valence-corrected chi connectivity index (χ3v) is 3.69. The highest BCUT2D eigenvalue weighted by Crippen LogP contribution is 2.29. The Morgan fingerprint density at radius 1 is 1.47 bits per heavy atom. The summed E-state index contributed by atoms with van der Waals surface area (Å²) in [7, 11) is 0. The van der Waals surface area contributed by atoms with E-state index in [1.54, 1.807) is 6.20 Å². The van der Waals surface area contributed by atoms with Crippen LogP contribution in [0, 0.1) is 6.92 Å². The molecule has 1 unspecified atom stereocenters. The molecule has 3 N–H and O–H groups in total.